The number of anilines is 1. The van der Waals surface area contributed by atoms with Gasteiger partial charge in [0.05, 0.1) is 6.04 Å². The van der Waals surface area contributed by atoms with Crippen molar-refractivity contribution < 1.29 is 0 Å². The number of nitrogens with one attached hydrogen (secondary N) is 2. The zero-order valence-electron chi connectivity index (χ0n) is 17.4. The van der Waals surface area contributed by atoms with Crippen LogP contribution in [-0.2, 0) is 0 Å². The maximum atomic E-state index is 4.45. The summed E-state index contributed by atoms with van der Waals surface area (Å²) in [6.07, 6.45) is 5.25. The molecule has 1 aromatic rings. The Kier molecular flexibility index (Phi) is 7.39. The van der Waals surface area contributed by atoms with E-state index in [1.54, 1.807) is 0 Å². The van der Waals surface area contributed by atoms with E-state index in [0.29, 0.717) is 5.92 Å². The van der Waals surface area contributed by atoms with Crippen LogP contribution in [0.3, 0.4) is 0 Å². The molecule has 150 valence electrons. The number of likely N-dealkylation sites (tertiary alicyclic amines) is 1. The van der Waals surface area contributed by atoms with Gasteiger partial charge in [-0.1, -0.05) is 19.1 Å². The van der Waals surface area contributed by atoms with Crippen molar-refractivity contribution in [2.75, 3.05) is 51.2 Å². The lowest BCUT2D eigenvalue weighted by Gasteiger charge is -2.32. The molecule has 0 aromatic heterocycles. The van der Waals surface area contributed by atoms with E-state index in [1.807, 2.05) is 7.05 Å². The fourth-order valence-electron chi connectivity index (χ4n) is 4.30. The summed E-state index contributed by atoms with van der Waals surface area (Å²) >= 11 is 0. The molecule has 27 heavy (non-hydrogen) atoms. The van der Waals surface area contributed by atoms with Gasteiger partial charge in [-0.05, 0) is 69.3 Å². The second-order valence-corrected chi connectivity index (χ2v) is 8.01. The van der Waals surface area contributed by atoms with E-state index in [9.17, 15) is 0 Å². The Morgan fingerprint density at radius 1 is 1.22 bits per heavy atom. The van der Waals surface area contributed by atoms with E-state index in [4.69, 9.17) is 0 Å². The molecule has 0 radical (unpaired) electrons. The number of nitrogens with zero attached hydrogens (tertiary/aromatic N) is 3. The summed E-state index contributed by atoms with van der Waals surface area (Å²) in [7, 11) is 1.86. The summed E-state index contributed by atoms with van der Waals surface area (Å²) in [6.45, 7) is 11.5. The zero-order valence-corrected chi connectivity index (χ0v) is 17.4. The molecule has 1 aromatic carbocycles. The molecule has 0 aliphatic carbocycles. The Hall–Kier alpha value is -1.75. The quantitative estimate of drug-likeness (QED) is 0.595. The maximum Gasteiger partial charge on any atom is 0.191 e. The molecule has 2 fully saturated rings. The highest BCUT2D eigenvalue weighted by molar-refractivity contribution is 5.80. The van der Waals surface area contributed by atoms with Crippen LogP contribution in [0.1, 0.15) is 51.1 Å². The third kappa shape index (κ3) is 5.61. The molecular formula is C22H37N5. The molecule has 2 aliphatic heterocycles. The molecule has 3 rings (SSSR count). The van der Waals surface area contributed by atoms with Crippen molar-refractivity contribution in [1.29, 1.82) is 0 Å². The molecule has 2 atom stereocenters. The van der Waals surface area contributed by atoms with Crippen molar-refractivity contribution in [2.24, 2.45) is 10.9 Å². The Morgan fingerprint density at radius 3 is 2.78 bits per heavy atom. The number of rotatable bonds is 6. The van der Waals surface area contributed by atoms with Gasteiger partial charge in [0.1, 0.15) is 0 Å². The first-order chi connectivity index (χ1) is 13.2. The number of piperidine rings is 1. The molecule has 2 N–H and O–H groups in total. The van der Waals surface area contributed by atoms with Crippen molar-refractivity contribution >= 4 is 11.6 Å². The van der Waals surface area contributed by atoms with Gasteiger partial charge < -0.3 is 20.4 Å². The highest BCUT2D eigenvalue weighted by Crippen LogP contribution is 2.24. The fraction of sp³-hybridized carbons (Fsp3) is 0.682. The first-order valence-corrected chi connectivity index (χ1v) is 10.7. The van der Waals surface area contributed by atoms with Crippen LogP contribution in [0.4, 0.5) is 5.69 Å². The van der Waals surface area contributed by atoms with E-state index in [2.05, 4.69) is 63.5 Å². The second-order valence-electron chi connectivity index (χ2n) is 8.01. The first kappa shape index (κ1) is 20.0. The van der Waals surface area contributed by atoms with Gasteiger partial charge in [0.15, 0.2) is 5.96 Å². The number of guanidine groups is 1. The van der Waals surface area contributed by atoms with E-state index in [1.165, 1.54) is 63.1 Å². The minimum Gasteiger partial charge on any atom is -0.372 e. The number of benzene rings is 1. The number of hydrogen-bond acceptors (Lipinski definition) is 3. The Morgan fingerprint density at radius 2 is 2.04 bits per heavy atom. The van der Waals surface area contributed by atoms with Crippen molar-refractivity contribution in [3.8, 4) is 0 Å². The molecule has 2 aliphatic rings. The summed E-state index contributed by atoms with van der Waals surface area (Å²) < 4.78 is 0. The van der Waals surface area contributed by atoms with Gasteiger partial charge in [0.25, 0.3) is 0 Å². The monoisotopic (exact) mass is 371 g/mol. The molecule has 0 saturated carbocycles. The molecule has 2 saturated heterocycles. The first-order valence-electron chi connectivity index (χ1n) is 10.7. The van der Waals surface area contributed by atoms with Crippen molar-refractivity contribution in [2.45, 2.75) is 45.6 Å². The zero-order chi connectivity index (χ0) is 19.1. The average molecular weight is 372 g/mol. The Balaban J connectivity index is 1.52. The molecule has 0 spiro atoms. The summed E-state index contributed by atoms with van der Waals surface area (Å²) in [5.74, 6) is 1.62. The van der Waals surface area contributed by atoms with Gasteiger partial charge in [-0.15, -0.1) is 0 Å². The van der Waals surface area contributed by atoms with Gasteiger partial charge in [-0.2, -0.15) is 0 Å². The van der Waals surface area contributed by atoms with Crippen LogP contribution in [0.2, 0.25) is 0 Å². The lowest BCUT2D eigenvalue weighted by molar-refractivity contribution is 0.183. The van der Waals surface area contributed by atoms with Gasteiger partial charge in [0, 0.05) is 38.9 Å². The Labute approximate surface area is 165 Å². The maximum absolute atomic E-state index is 4.45. The predicted octanol–water partition coefficient (Wildman–Crippen LogP) is 3.24. The summed E-state index contributed by atoms with van der Waals surface area (Å²) in [5, 5.41) is 7.13. The van der Waals surface area contributed by atoms with E-state index < -0.39 is 0 Å². The minimum absolute atomic E-state index is 0.234. The highest BCUT2D eigenvalue weighted by Gasteiger charge is 2.19. The lowest BCUT2D eigenvalue weighted by Crippen LogP contribution is -2.44. The average Bonchev–Trinajstić information content (AvgIpc) is 3.26. The normalized spacial score (nSPS) is 22.7. The molecule has 5 heteroatoms. The fourth-order valence-corrected chi connectivity index (χ4v) is 4.30. The molecular weight excluding hydrogens is 334 g/mol. The van der Waals surface area contributed by atoms with Crippen molar-refractivity contribution in [3.05, 3.63) is 29.8 Å². The molecule has 2 unspecified atom stereocenters. The van der Waals surface area contributed by atoms with Crippen LogP contribution >= 0.6 is 0 Å². The lowest BCUT2D eigenvalue weighted by atomic mass is 9.98. The van der Waals surface area contributed by atoms with Crippen LogP contribution in [0.25, 0.3) is 0 Å². The highest BCUT2D eigenvalue weighted by atomic mass is 15.2. The molecule has 0 bridgehead atoms. The van der Waals surface area contributed by atoms with E-state index in [0.717, 1.165) is 19.0 Å². The van der Waals surface area contributed by atoms with Gasteiger partial charge in [-0.3, -0.25) is 4.99 Å². The third-order valence-electron chi connectivity index (χ3n) is 6.03. The topological polar surface area (TPSA) is 42.9 Å². The number of hydrogen-bond donors (Lipinski definition) is 2. The van der Waals surface area contributed by atoms with Gasteiger partial charge >= 0.3 is 0 Å². The SMILES string of the molecule is CCN1CCCC(CNC(=NC)NC(C)c2cccc(N3CCCC3)c2)C1. The summed E-state index contributed by atoms with van der Waals surface area (Å²) in [6, 6.07) is 9.19. The standard InChI is InChI=1S/C22H37N5/c1-4-26-12-8-9-19(17-26)16-24-22(23-3)25-18(2)20-10-7-11-21(15-20)27-13-5-6-14-27/h7,10-11,15,18-19H,4-6,8-9,12-14,16-17H2,1-3H3,(H2,23,24,25). The summed E-state index contributed by atoms with van der Waals surface area (Å²) in [5.41, 5.74) is 2.67. The third-order valence-corrected chi connectivity index (χ3v) is 6.03. The largest absolute Gasteiger partial charge is 0.372 e. The van der Waals surface area contributed by atoms with Crippen LogP contribution in [0, 0.1) is 5.92 Å². The van der Waals surface area contributed by atoms with Crippen LogP contribution in [0.5, 0.6) is 0 Å². The Bertz CT molecular complexity index is 608. The van der Waals surface area contributed by atoms with Crippen molar-refractivity contribution in [1.82, 2.24) is 15.5 Å². The van der Waals surface area contributed by atoms with Crippen molar-refractivity contribution in [3.63, 3.8) is 0 Å². The molecule has 2 heterocycles. The smallest absolute Gasteiger partial charge is 0.191 e. The van der Waals surface area contributed by atoms with Gasteiger partial charge in [-0.25, -0.2) is 0 Å². The number of aliphatic imine (C=N–C) groups is 1. The van der Waals surface area contributed by atoms with Crippen LogP contribution in [-0.4, -0.2) is 57.2 Å². The van der Waals surface area contributed by atoms with E-state index in [-0.39, 0.29) is 6.04 Å². The molecule has 5 nitrogen and oxygen atoms in total. The van der Waals surface area contributed by atoms with Crippen LogP contribution in [0.15, 0.2) is 29.3 Å². The summed E-state index contributed by atoms with van der Waals surface area (Å²) in [4.78, 5) is 9.49. The molecule has 0 amide bonds. The van der Waals surface area contributed by atoms with Gasteiger partial charge in [0.2, 0.25) is 0 Å². The van der Waals surface area contributed by atoms with Crippen LogP contribution < -0.4 is 15.5 Å². The minimum atomic E-state index is 0.234. The predicted molar refractivity (Wildman–Crippen MR) is 116 cm³/mol. The second kappa shape index (κ2) is 9.98. The van der Waals surface area contributed by atoms with E-state index >= 15 is 0 Å².